The Kier molecular flexibility index (Phi) is 20.5. The van der Waals surface area contributed by atoms with Gasteiger partial charge in [-0.25, -0.2) is 0 Å². The van der Waals surface area contributed by atoms with Gasteiger partial charge in [-0.3, -0.25) is 24.0 Å². The van der Waals surface area contributed by atoms with Crippen molar-refractivity contribution in [1.82, 2.24) is 26.2 Å². The normalized spacial score (nSPS) is 17.1. The molecule has 5 amide bonds. The summed E-state index contributed by atoms with van der Waals surface area (Å²) in [4.78, 5) is 69.9. The highest BCUT2D eigenvalue weighted by Crippen LogP contribution is 2.40. The molecule has 0 fully saturated rings. The Balaban J connectivity index is 2.08. The van der Waals surface area contributed by atoms with E-state index in [1.54, 1.807) is 36.4 Å². The van der Waals surface area contributed by atoms with E-state index in [2.05, 4.69) is 28.2 Å². The molecule has 10 N–H and O–H groups in total. The Morgan fingerprint density at radius 2 is 1.50 bits per heavy atom. The molecule has 0 saturated heterocycles. The Labute approximate surface area is 342 Å². The third-order valence-corrected chi connectivity index (χ3v) is 9.90. The highest BCUT2D eigenvalue weighted by atomic mass is 16.5. The summed E-state index contributed by atoms with van der Waals surface area (Å²) in [5, 5.41) is 19.9. The number of hydrogen-bond acceptors (Lipinski definition) is 11. The summed E-state index contributed by atoms with van der Waals surface area (Å²) in [5.74, 6) is -1.98. The number of unbranched alkanes of at least 4 members (excludes halogenated alkanes) is 7. The highest BCUT2D eigenvalue weighted by molar-refractivity contribution is 5.96. The molecule has 2 aromatic rings. The van der Waals surface area contributed by atoms with E-state index in [-0.39, 0.29) is 64.6 Å². The van der Waals surface area contributed by atoms with Crippen LogP contribution in [0.25, 0.3) is 11.1 Å². The Hall–Kier alpha value is -5.24. The monoisotopic (exact) mass is 805 g/mol. The largest absolute Gasteiger partial charge is 0.492 e. The maximum absolute atomic E-state index is 14.4. The predicted molar refractivity (Wildman–Crippen MR) is 221 cm³/mol. The molecule has 2 aromatic carbocycles. The van der Waals surface area contributed by atoms with E-state index in [0.29, 0.717) is 40.2 Å². The predicted octanol–water partition coefficient (Wildman–Crippen LogP) is 2.08. The van der Waals surface area contributed by atoms with Gasteiger partial charge in [0.1, 0.15) is 55.4 Å². The Bertz CT molecular complexity index is 1720. The number of benzene rings is 2. The molecular weight excluding hydrogens is 743 g/mol. The molecule has 0 unspecified atom stereocenters. The lowest BCUT2D eigenvalue weighted by molar-refractivity contribution is -0.143. The van der Waals surface area contributed by atoms with Gasteiger partial charge in [-0.2, -0.15) is 5.26 Å². The van der Waals surface area contributed by atoms with Crippen LogP contribution < -0.4 is 47.9 Å². The number of nitriles is 1. The number of amides is 5. The molecule has 58 heavy (non-hydrogen) atoms. The van der Waals surface area contributed by atoms with Gasteiger partial charge >= 0.3 is 0 Å². The van der Waals surface area contributed by atoms with Crippen molar-refractivity contribution in [3.8, 4) is 28.7 Å². The zero-order valence-electron chi connectivity index (χ0n) is 34.3. The molecule has 0 spiro atoms. The number of nitrogens with two attached hydrogens (primary N) is 3. The number of nitrogens with zero attached hydrogens (tertiary/aromatic N) is 2. The second-order valence-electron chi connectivity index (χ2n) is 14.5. The number of carbonyl (C=O) groups is 5. The van der Waals surface area contributed by atoms with Crippen molar-refractivity contribution in [2.75, 3.05) is 46.4 Å². The van der Waals surface area contributed by atoms with Gasteiger partial charge < -0.3 is 52.8 Å². The van der Waals surface area contributed by atoms with Crippen LogP contribution in [-0.4, -0.2) is 99.0 Å². The number of hydrogen-bond donors (Lipinski definition) is 7. The van der Waals surface area contributed by atoms with E-state index in [1.165, 1.54) is 44.6 Å². The van der Waals surface area contributed by atoms with Crippen molar-refractivity contribution in [2.24, 2.45) is 17.2 Å². The zero-order valence-corrected chi connectivity index (χ0v) is 34.3. The van der Waals surface area contributed by atoms with Crippen LogP contribution in [0.2, 0.25) is 0 Å². The minimum atomic E-state index is -1.32. The van der Waals surface area contributed by atoms with E-state index < -0.39 is 47.8 Å². The van der Waals surface area contributed by atoms with Crippen LogP contribution in [0.5, 0.6) is 11.5 Å². The van der Waals surface area contributed by atoms with Crippen molar-refractivity contribution in [1.29, 1.82) is 5.26 Å². The van der Waals surface area contributed by atoms with Crippen molar-refractivity contribution in [2.45, 2.75) is 109 Å². The average Bonchev–Trinajstić information content (AvgIpc) is 3.21. The summed E-state index contributed by atoms with van der Waals surface area (Å²) in [5.41, 5.74) is 19.6. The number of rotatable bonds is 22. The molecule has 3 rings (SSSR count). The van der Waals surface area contributed by atoms with Crippen molar-refractivity contribution in [3.05, 3.63) is 47.5 Å². The van der Waals surface area contributed by atoms with Gasteiger partial charge in [-0.05, 0) is 61.7 Å². The average molecular weight is 806 g/mol. The van der Waals surface area contributed by atoms with Crippen molar-refractivity contribution in [3.63, 3.8) is 0 Å². The van der Waals surface area contributed by atoms with E-state index >= 15 is 0 Å². The molecular formula is C42H63N9O7. The fourth-order valence-electron chi connectivity index (χ4n) is 6.82. The third-order valence-electron chi connectivity index (χ3n) is 9.90. The molecule has 0 saturated carbocycles. The molecule has 1 aliphatic rings. The molecule has 1 heterocycles. The van der Waals surface area contributed by atoms with Crippen LogP contribution in [0.3, 0.4) is 0 Å². The first-order valence-electron chi connectivity index (χ1n) is 20.4. The fraction of sp³-hybridized carbons (Fsp3) is 0.571. The summed E-state index contributed by atoms with van der Waals surface area (Å²) in [6.07, 6.45) is 8.96. The molecule has 4 bridgehead atoms. The van der Waals surface area contributed by atoms with Crippen LogP contribution in [0.15, 0.2) is 36.4 Å². The SMILES string of the molecule is CCCCCCCCCCC(=O)N[C@@H](CCN)C(=O)N(C)[C@@H]1C(=O)N[C@@H](C)C(=O)N[C@H](C(=O)NCC#N)Cc2ccc(OCCN)c(c2)-c2cc1ccc2OCCN. The first-order valence-corrected chi connectivity index (χ1v) is 20.4. The molecule has 16 nitrogen and oxygen atoms in total. The van der Waals surface area contributed by atoms with Gasteiger partial charge in [0.15, 0.2) is 0 Å². The van der Waals surface area contributed by atoms with Crippen molar-refractivity contribution < 1.29 is 33.4 Å². The zero-order chi connectivity index (χ0) is 42.5. The molecule has 1 aliphatic heterocycles. The smallest absolute Gasteiger partial charge is 0.248 e. The number of carbonyl (C=O) groups excluding carboxylic acids is 5. The second-order valence-corrected chi connectivity index (χ2v) is 14.5. The van der Waals surface area contributed by atoms with Crippen LogP contribution in [0, 0.1) is 11.3 Å². The minimum Gasteiger partial charge on any atom is -0.492 e. The molecule has 0 aromatic heterocycles. The van der Waals surface area contributed by atoms with Gasteiger partial charge in [-0.1, -0.05) is 64.0 Å². The summed E-state index contributed by atoms with van der Waals surface area (Å²) >= 11 is 0. The Morgan fingerprint density at radius 1 is 0.879 bits per heavy atom. The van der Waals surface area contributed by atoms with Gasteiger partial charge in [0.2, 0.25) is 29.5 Å². The fourth-order valence-corrected chi connectivity index (χ4v) is 6.82. The van der Waals surface area contributed by atoms with E-state index in [1.807, 2.05) is 6.07 Å². The number of likely N-dealkylation sites (N-methyl/N-ethyl adjacent to an activating group) is 1. The molecule has 0 aliphatic carbocycles. The lowest BCUT2D eigenvalue weighted by Gasteiger charge is -2.32. The van der Waals surface area contributed by atoms with Gasteiger partial charge in [-0.15, -0.1) is 0 Å². The summed E-state index contributed by atoms with van der Waals surface area (Å²) in [6, 6.07) is 7.52. The van der Waals surface area contributed by atoms with Crippen LogP contribution in [0.1, 0.15) is 95.2 Å². The standard InChI is InChI=1S/C42H63N9O7/c1-4-5-6-7-8-9-10-11-12-37(52)49-33(17-18-43)42(56)51(3)38-30-14-16-36(58-24-21-46)32(27-30)31-25-29(13-15-35(31)57-23-20-45)26-34(40(54)47-22-19-44)50-39(53)28(2)48-41(38)55/h13-16,25,27-28,33-34,38H,4-12,17-18,20-24,26,43,45-46H2,1-3H3,(H,47,54)(H,48,55)(H,49,52)(H,50,53)/t28-,33-,34-,38-/m0/s1. The lowest BCUT2D eigenvalue weighted by Crippen LogP contribution is -2.56. The summed E-state index contributed by atoms with van der Waals surface area (Å²) in [7, 11) is 1.46. The highest BCUT2D eigenvalue weighted by Gasteiger charge is 2.36. The molecule has 0 radical (unpaired) electrons. The van der Waals surface area contributed by atoms with Gasteiger partial charge in [0, 0.05) is 44.1 Å². The lowest BCUT2D eigenvalue weighted by atomic mass is 9.93. The van der Waals surface area contributed by atoms with Gasteiger partial charge in [0.05, 0.1) is 6.07 Å². The first kappa shape index (κ1) is 47.1. The quantitative estimate of drug-likeness (QED) is 0.0670. The number of fused-ring (bicyclic) bond motifs is 5. The maximum Gasteiger partial charge on any atom is 0.248 e. The van der Waals surface area contributed by atoms with E-state index in [4.69, 9.17) is 31.9 Å². The van der Waals surface area contributed by atoms with Crippen LogP contribution in [0.4, 0.5) is 0 Å². The number of nitrogens with one attached hydrogen (secondary N) is 4. The minimum absolute atomic E-state index is 0.0275. The summed E-state index contributed by atoms with van der Waals surface area (Å²) in [6.45, 7) is 4.23. The second kappa shape index (κ2) is 25.2. The third kappa shape index (κ3) is 14.3. The molecule has 318 valence electrons. The van der Waals surface area contributed by atoms with E-state index in [9.17, 15) is 24.0 Å². The molecule has 16 heteroatoms. The topological polar surface area (TPSA) is 257 Å². The van der Waals surface area contributed by atoms with Crippen LogP contribution in [-0.2, 0) is 30.4 Å². The summed E-state index contributed by atoms with van der Waals surface area (Å²) < 4.78 is 12.1. The van der Waals surface area contributed by atoms with Crippen LogP contribution >= 0.6 is 0 Å². The van der Waals surface area contributed by atoms with Gasteiger partial charge in [0.25, 0.3) is 0 Å². The maximum atomic E-state index is 14.4. The first-order chi connectivity index (χ1) is 28.0. The number of ether oxygens (including phenoxy) is 2. The van der Waals surface area contributed by atoms with E-state index in [0.717, 1.165) is 19.3 Å². The van der Waals surface area contributed by atoms with Crippen molar-refractivity contribution >= 4 is 29.5 Å². The Morgan fingerprint density at radius 3 is 2.12 bits per heavy atom. The molecule has 4 atom stereocenters.